The van der Waals surface area contributed by atoms with Gasteiger partial charge in [0.1, 0.15) is 5.69 Å². The van der Waals surface area contributed by atoms with E-state index in [1.165, 1.54) is 12.8 Å². The number of aryl methyl sites for hydroxylation is 1. The van der Waals surface area contributed by atoms with Gasteiger partial charge in [0.05, 0.1) is 10.7 Å². The molecule has 94 valence electrons. The Labute approximate surface area is 111 Å². The van der Waals surface area contributed by atoms with Gasteiger partial charge in [-0.3, -0.25) is 9.48 Å². The van der Waals surface area contributed by atoms with Crippen LogP contribution in [0.2, 0.25) is 0 Å². The summed E-state index contributed by atoms with van der Waals surface area (Å²) in [6.45, 7) is 5.03. The fourth-order valence-electron chi connectivity index (χ4n) is 2.56. The van der Waals surface area contributed by atoms with E-state index in [0.29, 0.717) is 0 Å². The first-order chi connectivity index (χ1) is 8.13. The van der Waals surface area contributed by atoms with Crippen molar-refractivity contribution in [2.24, 2.45) is 11.8 Å². The van der Waals surface area contributed by atoms with E-state index < -0.39 is 0 Å². The Morgan fingerprint density at radius 3 is 2.71 bits per heavy atom. The lowest BCUT2D eigenvalue weighted by molar-refractivity contribution is 0.0863. The number of rotatable bonds is 3. The van der Waals surface area contributed by atoms with Crippen molar-refractivity contribution in [1.82, 2.24) is 9.78 Å². The fourth-order valence-corrected chi connectivity index (χ4v) is 3.05. The lowest BCUT2D eigenvalue weighted by Crippen LogP contribution is -2.23. The van der Waals surface area contributed by atoms with E-state index in [1.807, 2.05) is 6.92 Å². The fraction of sp³-hybridized carbons (Fsp3) is 0.692. The average molecular weight is 299 g/mol. The molecule has 1 aliphatic carbocycles. The molecule has 0 unspecified atom stereocenters. The molecule has 1 saturated carbocycles. The molecule has 1 fully saturated rings. The van der Waals surface area contributed by atoms with Crippen molar-refractivity contribution in [2.75, 3.05) is 0 Å². The summed E-state index contributed by atoms with van der Waals surface area (Å²) in [7, 11) is 0. The van der Waals surface area contributed by atoms with Gasteiger partial charge >= 0.3 is 0 Å². The minimum absolute atomic E-state index is 0.199. The second kappa shape index (κ2) is 5.34. The van der Waals surface area contributed by atoms with Crippen LogP contribution < -0.4 is 0 Å². The molecule has 2 rings (SSSR count). The van der Waals surface area contributed by atoms with Crippen molar-refractivity contribution in [1.29, 1.82) is 0 Å². The topological polar surface area (TPSA) is 34.9 Å². The van der Waals surface area contributed by atoms with Crippen molar-refractivity contribution in [3.8, 4) is 0 Å². The van der Waals surface area contributed by atoms with E-state index in [2.05, 4.69) is 28.0 Å². The minimum Gasteiger partial charge on any atom is -0.292 e. The van der Waals surface area contributed by atoms with Crippen LogP contribution in [0.1, 0.15) is 50.0 Å². The van der Waals surface area contributed by atoms with Gasteiger partial charge in [0, 0.05) is 12.5 Å². The standard InChI is InChI=1S/C13H19BrN2O/c1-3-16-12(11(14)8-15-16)13(17)10-6-4-9(2)5-7-10/h8-10H,3-7H2,1-2H3. The normalized spacial score (nSPS) is 24.9. The lowest BCUT2D eigenvalue weighted by Gasteiger charge is -2.25. The first-order valence-electron chi connectivity index (χ1n) is 6.39. The van der Waals surface area contributed by atoms with Crippen LogP contribution in [0.4, 0.5) is 0 Å². The van der Waals surface area contributed by atoms with Gasteiger partial charge < -0.3 is 0 Å². The van der Waals surface area contributed by atoms with Crippen LogP contribution in [-0.2, 0) is 6.54 Å². The van der Waals surface area contributed by atoms with Crippen LogP contribution in [0.3, 0.4) is 0 Å². The first-order valence-corrected chi connectivity index (χ1v) is 7.18. The third-order valence-corrected chi connectivity index (χ3v) is 4.29. The third-order valence-electron chi connectivity index (χ3n) is 3.71. The predicted molar refractivity (Wildman–Crippen MR) is 71.1 cm³/mol. The summed E-state index contributed by atoms with van der Waals surface area (Å²) in [6.07, 6.45) is 6.13. The van der Waals surface area contributed by atoms with Gasteiger partial charge in [-0.25, -0.2) is 0 Å². The van der Waals surface area contributed by atoms with Crippen molar-refractivity contribution in [2.45, 2.75) is 46.1 Å². The molecule has 17 heavy (non-hydrogen) atoms. The molecule has 0 bridgehead atoms. The second-order valence-electron chi connectivity index (χ2n) is 4.98. The molecule has 4 heteroatoms. The highest BCUT2D eigenvalue weighted by atomic mass is 79.9. The molecular weight excluding hydrogens is 280 g/mol. The van der Waals surface area contributed by atoms with Gasteiger partial charge in [0.25, 0.3) is 0 Å². The van der Waals surface area contributed by atoms with Crippen molar-refractivity contribution in [3.05, 3.63) is 16.4 Å². The van der Waals surface area contributed by atoms with Gasteiger partial charge in [-0.05, 0) is 41.6 Å². The van der Waals surface area contributed by atoms with E-state index >= 15 is 0 Å². The maximum absolute atomic E-state index is 12.5. The summed E-state index contributed by atoms with van der Waals surface area (Å²) in [5.74, 6) is 1.24. The summed E-state index contributed by atoms with van der Waals surface area (Å²) in [4.78, 5) is 12.5. The number of hydrogen-bond donors (Lipinski definition) is 0. The van der Waals surface area contributed by atoms with E-state index in [9.17, 15) is 4.79 Å². The minimum atomic E-state index is 0.199. The van der Waals surface area contributed by atoms with Gasteiger partial charge in [-0.2, -0.15) is 5.10 Å². The van der Waals surface area contributed by atoms with Crippen molar-refractivity contribution < 1.29 is 4.79 Å². The SMILES string of the molecule is CCn1ncc(Br)c1C(=O)C1CCC(C)CC1. The number of Topliss-reactive ketones (excluding diaryl/α,β-unsaturated/α-hetero) is 1. The molecule has 0 radical (unpaired) electrons. The third kappa shape index (κ3) is 2.62. The highest BCUT2D eigenvalue weighted by molar-refractivity contribution is 9.10. The Morgan fingerprint density at radius 1 is 1.47 bits per heavy atom. The summed E-state index contributed by atoms with van der Waals surface area (Å²) < 4.78 is 2.63. The van der Waals surface area contributed by atoms with Crippen molar-refractivity contribution in [3.63, 3.8) is 0 Å². The number of nitrogens with zero attached hydrogens (tertiary/aromatic N) is 2. The zero-order valence-electron chi connectivity index (χ0n) is 10.4. The predicted octanol–water partition coefficient (Wildman–Crippen LogP) is 3.67. The van der Waals surface area contributed by atoms with Crippen LogP contribution in [0.5, 0.6) is 0 Å². The van der Waals surface area contributed by atoms with Crippen LogP contribution in [0.25, 0.3) is 0 Å². The molecule has 0 atom stereocenters. The highest BCUT2D eigenvalue weighted by Gasteiger charge is 2.28. The van der Waals surface area contributed by atoms with Gasteiger partial charge in [0.2, 0.25) is 0 Å². The van der Waals surface area contributed by atoms with Gasteiger partial charge in [0.15, 0.2) is 5.78 Å². The van der Waals surface area contributed by atoms with Crippen molar-refractivity contribution >= 4 is 21.7 Å². The lowest BCUT2D eigenvalue weighted by atomic mass is 9.80. The van der Waals surface area contributed by atoms with Crippen LogP contribution in [0, 0.1) is 11.8 Å². The molecule has 1 heterocycles. The number of halogens is 1. The Bertz CT molecular complexity index is 406. The maximum atomic E-state index is 12.5. The number of carbonyl (C=O) groups is 1. The van der Waals surface area contributed by atoms with E-state index in [1.54, 1.807) is 10.9 Å². The molecule has 0 amide bonds. The Hall–Kier alpha value is -0.640. The smallest absolute Gasteiger partial charge is 0.185 e. The van der Waals surface area contributed by atoms with Gasteiger partial charge in [-0.1, -0.05) is 19.8 Å². The number of hydrogen-bond acceptors (Lipinski definition) is 2. The molecule has 0 saturated heterocycles. The van der Waals surface area contributed by atoms with E-state index in [4.69, 9.17) is 0 Å². The second-order valence-corrected chi connectivity index (χ2v) is 5.83. The highest BCUT2D eigenvalue weighted by Crippen LogP contribution is 2.32. The molecule has 0 spiro atoms. The monoisotopic (exact) mass is 298 g/mol. The van der Waals surface area contributed by atoms with Crippen LogP contribution in [0.15, 0.2) is 10.7 Å². The molecule has 1 aromatic heterocycles. The molecule has 3 nitrogen and oxygen atoms in total. The quantitative estimate of drug-likeness (QED) is 0.798. The van der Waals surface area contributed by atoms with Crippen LogP contribution in [-0.4, -0.2) is 15.6 Å². The van der Waals surface area contributed by atoms with Gasteiger partial charge in [-0.15, -0.1) is 0 Å². The summed E-state index contributed by atoms with van der Waals surface area (Å²) in [6, 6.07) is 0. The van der Waals surface area contributed by atoms with E-state index in [0.717, 1.165) is 35.5 Å². The molecule has 0 N–H and O–H groups in total. The zero-order valence-corrected chi connectivity index (χ0v) is 12.0. The summed E-state index contributed by atoms with van der Waals surface area (Å²) >= 11 is 3.43. The largest absolute Gasteiger partial charge is 0.292 e. The summed E-state index contributed by atoms with van der Waals surface area (Å²) in [5, 5.41) is 4.21. The Morgan fingerprint density at radius 2 is 2.12 bits per heavy atom. The van der Waals surface area contributed by atoms with E-state index in [-0.39, 0.29) is 11.7 Å². The zero-order chi connectivity index (χ0) is 12.4. The van der Waals surface area contributed by atoms with Crippen LogP contribution >= 0.6 is 15.9 Å². The molecule has 1 aliphatic rings. The molecular formula is C13H19BrN2O. The first kappa shape index (κ1) is 12.8. The Balaban J connectivity index is 2.16. The number of ketones is 1. The maximum Gasteiger partial charge on any atom is 0.185 e. The molecule has 0 aliphatic heterocycles. The summed E-state index contributed by atoms with van der Waals surface area (Å²) in [5.41, 5.74) is 0.757. The Kier molecular flexibility index (Phi) is 4.02. The molecule has 1 aromatic rings. The average Bonchev–Trinajstić information content (AvgIpc) is 2.70. The number of carbonyl (C=O) groups excluding carboxylic acids is 1. The molecule has 0 aromatic carbocycles. The number of aromatic nitrogens is 2.